The minimum absolute atomic E-state index is 0.0585. The van der Waals surface area contributed by atoms with Crippen molar-refractivity contribution in [2.75, 3.05) is 13.2 Å². The first kappa shape index (κ1) is 37.9. The molecule has 10 atom stereocenters. The molecule has 268 valence electrons. The first-order chi connectivity index (χ1) is 23.4. The van der Waals surface area contributed by atoms with E-state index in [0.717, 1.165) is 38.8 Å². The third kappa shape index (κ3) is 11.0. The standard InChI is InChI=1S/C34H42O15/c1-19(35)41-17-26-29(45-20(2)36)31(46-21(3)37)32(47-22(4)38)34(49-26)44-18-25-28(42-15-23-11-7-5-8-12-23)27(39)30(33(40)48-25)43-16-24-13-9-6-10-14-24/h5-14,25-34,39-40H,15-18H2,1-4H3/t25-,26-,27+,28-,29-,30-,31+,32-,33+,34-/m1/s1. The molecular weight excluding hydrogens is 648 g/mol. The Hall–Kier alpha value is -3.96. The fraction of sp³-hybridized carbons (Fsp3) is 0.529. The van der Waals surface area contributed by atoms with E-state index >= 15 is 0 Å². The molecule has 2 heterocycles. The van der Waals surface area contributed by atoms with E-state index in [2.05, 4.69) is 0 Å². The van der Waals surface area contributed by atoms with Gasteiger partial charge in [0.25, 0.3) is 0 Å². The summed E-state index contributed by atoms with van der Waals surface area (Å²) in [7, 11) is 0. The van der Waals surface area contributed by atoms with Crippen LogP contribution in [0.1, 0.15) is 38.8 Å². The Morgan fingerprint density at radius 3 is 1.59 bits per heavy atom. The summed E-state index contributed by atoms with van der Waals surface area (Å²) in [5.74, 6) is -3.05. The topological polar surface area (TPSA) is 192 Å². The molecule has 0 radical (unpaired) electrons. The Labute approximate surface area is 283 Å². The monoisotopic (exact) mass is 690 g/mol. The van der Waals surface area contributed by atoms with Crippen molar-refractivity contribution in [3.63, 3.8) is 0 Å². The molecule has 2 aliphatic heterocycles. The predicted molar refractivity (Wildman–Crippen MR) is 165 cm³/mol. The number of aliphatic hydroxyl groups is 2. The molecule has 0 spiro atoms. The van der Waals surface area contributed by atoms with E-state index < -0.39 is 98.5 Å². The van der Waals surface area contributed by atoms with E-state index in [4.69, 9.17) is 42.6 Å². The van der Waals surface area contributed by atoms with Gasteiger partial charge in [0.2, 0.25) is 0 Å². The number of ether oxygens (including phenoxy) is 9. The molecule has 0 unspecified atom stereocenters. The SMILES string of the molecule is CC(=O)OC[C@H]1O[C@@H](OC[C@H]2O[C@H](O)[C@H](OCc3ccccc3)[C@@H](O)[C@@H]2OCc2ccccc2)[C@H](OC(C)=O)[C@@H](OC(C)=O)[C@@H]1OC(C)=O. The maximum atomic E-state index is 12.2. The third-order valence-electron chi connectivity index (χ3n) is 7.58. The Balaban J connectivity index is 1.58. The van der Waals surface area contributed by atoms with E-state index in [1.807, 2.05) is 60.7 Å². The maximum Gasteiger partial charge on any atom is 0.303 e. The molecule has 2 fully saturated rings. The van der Waals surface area contributed by atoms with Crippen LogP contribution in [0.2, 0.25) is 0 Å². The fourth-order valence-corrected chi connectivity index (χ4v) is 5.48. The van der Waals surface area contributed by atoms with Gasteiger partial charge < -0.3 is 52.8 Å². The molecule has 2 saturated heterocycles. The number of carbonyl (C=O) groups is 4. The van der Waals surface area contributed by atoms with Gasteiger partial charge >= 0.3 is 23.9 Å². The van der Waals surface area contributed by atoms with Gasteiger partial charge in [-0.1, -0.05) is 60.7 Å². The van der Waals surface area contributed by atoms with Crippen LogP contribution >= 0.6 is 0 Å². The van der Waals surface area contributed by atoms with Gasteiger partial charge in [-0.15, -0.1) is 0 Å². The Morgan fingerprint density at radius 2 is 1.06 bits per heavy atom. The zero-order chi connectivity index (χ0) is 35.5. The average Bonchev–Trinajstić information content (AvgIpc) is 3.05. The van der Waals surface area contributed by atoms with Crippen LogP contribution in [0, 0.1) is 0 Å². The number of benzene rings is 2. The van der Waals surface area contributed by atoms with Crippen molar-refractivity contribution < 1.29 is 72.0 Å². The van der Waals surface area contributed by atoms with Gasteiger partial charge in [0.1, 0.15) is 37.1 Å². The van der Waals surface area contributed by atoms with Crippen molar-refractivity contribution in [1.29, 1.82) is 0 Å². The van der Waals surface area contributed by atoms with Crippen LogP contribution in [0.3, 0.4) is 0 Å². The van der Waals surface area contributed by atoms with Crippen molar-refractivity contribution in [3.05, 3.63) is 71.8 Å². The van der Waals surface area contributed by atoms with Crippen LogP contribution in [-0.2, 0) is 75.0 Å². The molecule has 0 saturated carbocycles. The molecule has 2 aromatic rings. The van der Waals surface area contributed by atoms with Crippen LogP contribution in [0.5, 0.6) is 0 Å². The van der Waals surface area contributed by atoms with Crippen molar-refractivity contribution >= 4 is 23.9 Å². The lowest BCUT2D eigenvalue weighted by Crippen LogP contribution is -2.64. The second kappa shape index (κ2) is 18.2. The van der Waals surface area contributed by atoms with Gasteiger partial charge in [-0.3, -0.25) is 19.2 Å². The van der Waals surface area contributed by atoms with Crippen LogP contribution in [-0.4, -0.2) is 109 Å². The molecule has 49 heavy (non-hydrogen) atoms. The molecule has 0 bridgehead atoms. The maximum absolute atomic E-state index is 12.2. The summed E-state index contributed by atoms with van der Waals surface area (Å²) in [4.78, 5) is 48.1. The number of aliphatic hydroxyl groups excluding tert-OH is 2. The van der Waals surface area contributed by atoms with Crippen LogP contribution in [0.15, 0.2) is 60.7 Å². The van der Waals surface area contributed by atoms with E-state index in [-0.39, 0.29) is 13.2 Å². The summed E-state index contributed by atoms with van der Waals surface area (Å²) in [5.41, 5.74) is 1.60. The quantitative estimate of drug-likeness (QED) is 0.213. The van der Waals surface area contributed by atoms with Crippen molar-refractivity contribution in [2.24, 2.45) is 0 Å². The molecule has 0 aromatic heterocycles. The molecule has 2 aromatic carbocycles. The van der Waals surface area contributed by atoms with E-state index in [1.165, 1.54) is 0 Å². The number of esters is 4. The minimum Gasteiger partial charge on any atom is -0.463 e. The number of hydrogen-bond acceptors (Lipinski definition) is 15. The summed E-state index contributed by atoms with van der Waals surface area (Å²) >= 11 is 0. The van der Waals surface area contributed by atoms with Gasteiger partial charge in [-0.05, 0) is 11.1 Å². The number of rotatable bonds is 14. The molecule has 4 rings (SSSR count). The summed E-state index contributed by atoms with van der Waals surface area (Å²) in [6, 6.07) is 18.3. The highest BCUT2D eigenvalue weighted by atomic mass is 16.7. The molecule has 0 aliphatic carbocycles. The number of hydrogen-bond donors (Lipinski definition) is 2. The molecule has 15 heteroatoms. The van der Waals surface area contributed by atoms with Gasteiger partial charge in [0.15, 0.2) is 30.9 Å². The van der Waals surface area contributed by atoms with Crippen LogP contribution in [0.4, 0.5) is 0 Å². The van der Waals surface area contributed by atoms with E-state index in [0.29, 0.717) is 0 Å². The van der Waals surface area contributed by atoms with E-state index in [9.17, 15) is 29.4 Å². The molecule has 2 aliphatic rings. The highest BCUT2D eigenvalue weighted by Gasteiger charge is 2.54. The average molecular weight is 691 g/mol. The van der Waals surface area contributed by atoms with E-state index in [1.54, 1.807) is 0 Å². The van der Waals surface area contributed by atoms with Gasteiger partial charge in [0, 0.05) is 27.7 Å². The highest BCUT2D eigenvalue weighted by molar-refractivity contribution is 5.68. The predicted octanol–water partition coefficient (Wildman–Crippen LogP) is 1.34. The highest BCUT2D eigenvalue weighted by Crippen LogP contribution is 2.32. The summed E-state index contributed by atoms with van der Waals surface area (Å²) < 4.78 is 51.3. The second-order valence-electron chi connectivity index (χ2n) is 11.5. The fourth-order valence-electron chi connectivity index (χ4n) is 5.48. The number of carbonyl (C=O) groups excluding carboxylic acids is 4. The van der Waals surface area contributed by atoms with Crippen LogP contribution < -0.4 is 0 Å². The zero-order valence-electron chi connectivity index (χ0n) is 27.6. The second-order valence-corrected chi connectivity index (χ2v) is 11.5. The largest absolute Gasteiger partial charge is 0.463 e. The minimum atomic E-state index is -1.61. The molecule has 0 amide bonds. The summed E-state index contributed by atoms with van der Waals surface area (Å²) in [6.45, 7) is 3.74. The normalized spacial score (nSPS) is 29.8. The molecular formula is C34H42O15. The zero-order valence-corrected chi connectivity index (χ0v) is 27.6. The Kier molecular flexibility index (Phi) is 14.0. The Morgan fingerprint density at radius 1 is 0.571 bits per heavy atom. The van der Waals surface area contributed by atoms with Crippen molar-refractivity contribution in [1.82, 2.24) is 0 Å². The smallest absolute Gasteiger partial charge is 0.303 e. The van der Waals surface area contributed by atoms with Crippen LogP contribution in [0.25, 0.3) is 0 Å². The first-order valence-electron chi connectivity index (χ1n) is 15.7. The lowest BCUT2D eigenvalue weighted by atomic mass is 9.97. The third-order valence-corrected chi connectivity index (χ3v) is 7.58. The summed E-state index contributed by atoms with van der Waals surface area (Å²) in [5, 5.41) is 22.4. The molecule has 2 N–H and O–H groups in total. The Bertz CT molecular complexity index is 1370. The lowest BCUT2D eigenvalue weighted by molar-refractivity contribution is -0.335. The lowest BCUT2D eigenvalue weighted by Gasteiger charge is -2.45. The van der Waals surface area contributed by atoms with Gasteiger partial charge in [0.05, 0.1) is 19.8 Å². The summed E-state index contributed by atoms with van der Waals surface area (Å²) in [6.07, 6.45) is -13.5. The van der Waals surface area contributed by atoms with Crippen molar-refractivity contribution in [2.45, 2.75) is 102 Å². The van der Waals surface area contributed by atoms with Gasteiger partial charge in [-0.25, -0.2) is 0 Å². The first-order valence-corrected chi connectivity index (χ1v) is 15.7. The van der Waals surface area contributed by atoms with Gasteiger partial charge in [-0.2, -0.15) is 0 Å². The molecule has 15 nitrogen and oxygen atoms in total. The van der Waals surface area contributed by atoms with Crippen molar-refractivity contribution in [3.8, 4) is 0 Å².